The Morgan fingerprint density at radius 1 is 0.974 bits per heavy atom. The van der Waals surface area contributed by atoms with E-state index < -0.39 is 80.2 Å². The second kappa shape index (κ2) is 16.4. The number of anilines is 1. The van der Waals surface area contributed by atoms with Crippen LogP contribution in [0.25, 0.3) is 0 Å². The lowest BCUT2D eigenvalue weighted by molar-refractivity contribution is -0.160. The van der Waals surface area contributed by atoms with Gasteiger partial charge >= 0.3 is 11.9 Å². The van der Waals surface area contributed by atoms with Crippen molar-refractivity contribution in [1.29, 1.82) is 0 Å². The zero-order valence-electron chi connectivity index (χ0n) is 19.9. The normalized spacial score (nSPS) is 13.2. The van der Waals surface area contributed by atoms with Crippen LogP contribution in [0.1, 0.15) is 34.6 Å². The van der Waals surface area contributed by atoms with Crippen molar-refractivity contribution >= 4 is 114 Å². The topological polar surface area (TPSA) is 191 Å². The van der Waals surface area contributed by atoms with Crippen LogP contribution in [0.4, 0.5) is 5.69 Å². The van der Waals surface area contributed by atoms with Crippen LogP contribution in [0, 0.1) is 7.14 Å². The van der Waals surface area contributed by atoms with Crippen LogP contribution < -0.4 is 3.11 Å². The SMILES string of the molecule is CC(=O)OCC(OC(C)=O)C(=O)N(I)c1cc(C(=O)N(CC(O)CO)CC(O)CO)c(I)c(C(=O)Cl)c1I. The van der Waals surface area contributed by atoms with Gasteiger partial charge in [0.25, 0.3) is 17.1 Å². The number of hydrogen-bond donors (Lipinski definition) is 4. The molecule has 1 aromatic carbocycles. The van der Waals surface area contributed by atoms with Gasteiger partial charge in [-0.2, -0.15) is 0 Å². The summed E-state index contributed by atoms with van der Waals surface area (Å²) in [6.07, 6.45) is -4.31. The first kappa shape index (κ1) is 35.1. The predicted molar refractivity (Wildman–Crippen MR) is 158 cm³/mol. The zero-order chi connectivity index (χ0) is 29.3. The molecule has 0 aromatic heterocycles. The molecule has 0 saturated carbocycles. The van der Waals surface area contributed by atoms with Crippen LogP contribution in [-0.4, -0.2) is 106 Å². The highest BCUT2D eigenvalue weighted by atomic mass is 127. The summed E-state index contributed by atoms with van der Waals surface area (Å²) in [6, 6.07) is 1.25. The maximum absolute atomic E-state index is 13.5. The van der Waals surface area contributed by atoms with Gasteiger partial charge in [0.1, 0.15) is 6.61 Å². The van der Waals surface area contributed by atoms with Crippen molar-refractivity contribution in [1.82, 2.24) is 4.90 Å². The molecule has 17 heteroatoms. The monoisotopic (exact) mass is 896 g/mol. The van der Waals surface area contributed by atoms with E-state index in [2.05, 4.69) is 0 Å². The van der Waals surface area contributed by atoms with Gasteiger partial charge in [-0.05, 0) is 62.8 Å². The average molecular weight is 897 g/mol. The molecule has 0 heterocycles. The fourth-order valence-corrected chi connectivity index (χ4v) is 6.91. The van der Waals surface area contributed by atoms with E-state index in [-0.39, 0.29) is 24.0 Å². The van der Waals surface area contributed by atoms with Gasteiger partial charge in [-0.1, -0.05) is 0 Å². The van der Waals surface area contributed by atoms with Crippen LogP contribution in [0.2, 0.25) is 0 Å². The number of ether oxygens (including phenoxy) is 2. The standard InChI is InChI=1S/C21H24ClI3N2O11/c1-9(30)37-8-15(38-10(2)31)21(36)27(25)14-3-13(17(23)16(18(14)24)19(22)34)20(35)26(4-11(32)6-28)5-12(33)7-29/h3,11-12,15,28-29,32-33H,4-8H2,1-2H3. The number of aliphatic hydroxyl groups is 4. The summed E-state index contributed by atoms with van der Waals surface area (Å²) >= 11 is 10.8. The van der Waals surface area contributed by atoms with E-state index in [1.165, 1.54) is 6.07 Å². The number of nitrogens with zero attached hydrogens (tertiary/aromatic N) is 2. The van der Waals surface area contributed by atoms with Crippen LogP contribution in [0.15, 0.2) is 6.07 Å². The maximum Gasteiger partial charge on any atom is 0.303 e. The van der Waals surface area contributed by atoms with E-state index in [0.29, 0.717) is 0 Å². The number of rotatable bonds is 13. The van der Waals surface area contributed by atoms with Gasteiger partial charge in [-0.3, -0.25) is 24.0 Å². The Kier molecular flexibility index (Phi) is 15.1. The third-order valence-corrected chi connectivity index (χ3v) is 8.00. The van der Waals surface area contributed by atoms with E-state index in [4.69, 9.17) is 21.1 Å². The molecule has 0 spiro atoms. The maximum atomic E-state index is 13.5. The molecule has 0 aliphatic rings. The molecule has 4 N–H and O–H groups in total. The Hall–Kier alpha value is -0.910. The van der Waals surface area contributed by atoms with Crippen LogP contribution >= 0.6 is 79.6 Å². The number of carbonyl (C=O) groups is 5. The summed E-state index contributed by atoms with van der Waals surface area (Å²) in [5, 5.41) is 37.3. The van der Waals surface area contributed by atoms with Gasteiger partial charge in [0, 0.05) is 30.5 Å². The molecule has 38 heavy (non-hydrogen) atoms. The second-order valence-electron chi connectivity index (χ2n) is 7.62. The van der Waals surface area contributed by atoms with Gasteiger partial charge in [0.2, 0.25) is 6.10 Å². The Balaban J connectivity index is 3.67. The summed E-state index contributed by atoms with van der Waals surface area (Å²) < 4.78 is 11.0. The van der Waals surface area contributed by atoms with E-state index in [1.807, 2.05) is 0 Å². The van der Waals surface area contributed by atoms with Crippen molar-refractivity contribution in [3.63, 3.8) is 0 Å². The quantitative estimate of drug-likeness (QED) is 0.0940. The van der Waals surface area contributed by atoms with Gasteiger partial charge in [-0.25, -0.2) is 3.11 Å². The Morgan fingerprint density at radius 3 is 1.92 bits per heavy atom. The van der Waals surface area contributed by atoms with E-state index in [0.717, 1.165) is 21.9 Å². The minimum atomic E-state index is -1.55. The molecule has 3 unspecified atom stereocenters. The highest BCUT2D eigenvalue weighted by Crippen LogP contribution is 2.36. The molecule has 0 aliphatic carbocycles. The molecular formula is C21H24ClI3N2O11. The zero-order valence-corrected chi connectivity index (χ0v) is 27.1. The molecule has 0 fully saturated rings. The number of carbonyl (C=O) groups excluding carboxylic acids is 5. The van der Waals surface area contributed by atoms with Crippen LogP contribution in [0.3, 0.4) is 0 Å². The van der Waals surface area contributed by atoms with Gasteiger partial charge in [0.05, 0.1) is 68.7 Å². The molecule has 0 radical (unpaired) electrons. The first-order chi connectivity index (χ1) is 17.7. The molecule has 1 aromatic rings. The minimum absolute atomic E-state index is 0.00527. The van der Waals surface area contributed by atoms with Crippen molar-refractivity contribution in [2.45, 2.75) is 32.2 Å². The van der Waals surface area contributed by atoms with Crippen LogP contribution in [0.5, 0.6) is 0 Å². The van der Waals surface area contributed by atoms with Gasteiger partial charge < -0.3 is 34.8 Å². The molecule has 1 rings (SSSR count). The first-order valence-electron chi connectivity index (χ1n) is 10.5. The molecule has 2 amide bonds. The minimum Gasteiger partial charge on any atom is -0.461 e. The lowest BCUT2D eigenvalue weighted by atomic mass is 10.1. The largest absolute Gasteiger partial charge is 0.461 e. The highest BCUT2D eigenvalue weighted by molar-refractivity contribution is 14.1. The van der Waals surface area contributed by atoms with Crippen molar-refractivity contribution in [3.05, 3.63) is 24.3 Å². The number of esters is 2. The Morgan fingerprint density at radius 2 is 1.50 bits per heavy atom. The smallest absolute Gasteiger partial charge is 0.303 e. The van der Waals surface area contributed by atoms with Crippen molar-refractivity contribution in [2.75, 3.05) is 36.0 Å². The third kappa shape index (κ3) is 9.93. The molecule has 0 saturated heterocycles. The summed E-state index contributed by atoms with van der Waals surface area (Å²) in [5.41, 5.74) is -0.286. The summed E-state index contributed by atoms with van der Waals surface area (Å²) in [6.45, 7) is -0.701. The van der Waals surface area contributed by atoms with Gasteiger partial charge in [0.15, 0.2) is 0 Å². The number of halogens is 4. The Bertz CT molecular complexity index is 1060. The van der Waals surface area contributed by atoms with E-state index in [9.17, 15) is 44.4 Å². The third-order valence-electron chi connectivity index (χ3n) is 4.61. The summed E-state index contributed by atoms with van der Waals surface area (Å²) in [5.74, 6) is -3.24. The van der Waals surface area contributed by atoms with Crippen molar-refractivity contribution in [2.24, 2.45) is 0 Å². The molecule has 0 aliphatic heterocycles. The number of benzene rings is 1. The second-order valence-corrected chi connectivity index (χ2v) is 11.1. The van der Waals surface area contributed by atoms with E-state index in [1.54, 1.807) is 68.0 Å². The number of hydrogen-bond acceptors (Lipinski definition) is 11. The fraction of sp³-hybridized carbons (Fsp3) is 0.476. The average Bonchev–Trinajstić information content (AvgIpc) is 2.84. The summed E-state index contributed by atoms with van der Waals surface area (Å²) in [4.78, 5) is 62.8. The predicted octanol–water partition coefficient (Wildman–Crippen LogP) is 0.601. The number of aliphatic hydroxyl groups excluding tert-OH is 4. The summed E-state index contributed by atoms with van der Waals surface area (Å²) in [7, 11) is 0. The molecule has 0 bridgehead atoms. The lowest BCUT2D eigenvalue weighted by Crippen LogP contribution is -2.44. The van der Waals surface area contributed by atoms with Crippen molar-refractivity contribution < 1.29 is 53.9 Å². The fourth-order valence-electron chi connectivity index (χ4n) is 2.92. The molecule has 3 atom stereocenters. The lowest BCUT2D eigenvalue weighted by Gasteiger charge is -2.28. The molecular weight excluding hydrogens is 872 g/mol. The highest BCUT2D eigenvalue weighted by Gasteiger charge is 2.33. The van der Waals surface area contributed by atoms with Crippen LogP contribution in [-0.2, 0) is 23.9 Å². The van der Waals surface area contributed by atoms with Gasteiger partial charge in [-0.15, -0.1) is 0 Å². The Labute approximate surface area is 263 Å². The molecule has 13 nitrogen and oxygen atoms in total. The van der Waals surface area contributed by atoms with Crippen molar-refractivity contribution in [3.8, 4) is 0 Å². The first-order valence-corrected chi connectivity index (χ1v) is 14.0. The molecule has 212 valence electrons. The van der Waals surface area contributed by atoms with E-state index >= 15 is 0 Å². The number of amides is 2.